The number of hydrogen-bond donors (Lipinski definition) is 1. The first kappa shape index (κ1) is 12.6. The zero-order chi connectivity index (χ0) is 13.2. The van der Waals surface area contributed by atoms with Crippen molar-refractivity contribution in [2.45, 2.75) is 19.4 Å². The van der Waals surface area contributed by atoms with Crippen LogP contribution in [0.2, 0.25) is 0 Å². The molecular weight excluding hydrogens is 220 g/mol. The monoisotopic (exact) mass is 238 g/mol. The summed E-state index contributed by atoms with van der Waals surface area (Å²) in [7, 11) is 0. The summed E-state index contributed by atoms with van der Waals surface area (Å²) in [5, 5.41) is 10.3. The number of benzene rings is 2. The Balaban J connectivity index is 2.68. The Labute approximate surface area is 108 Å². The van der Waals surface area contributed by atoms with Crippen molar-refractivity contribution in [2.24, 2.45) is 0 Å². The molecule has 18 heavy (non-hydrogen) atoms. The minimum atomic E-state index is -0.856. The molecule has 92 valence electrons. The normalized spacial score (nSPS) is 11.3. The molecule has 0 radical (unpaired) electrons. The number of hydrogen-bond acceptors (Lipinski definition) is 1. The van der Waals surface area contributed by atoms with E-state index in [0.29, 0.717) is 0 Å². The van der Waals surface area contributed by atoms with Crippen LogP contribution >= 0.6 is 0 Å². The van der Waals surface area contributed by atoms with Crippen LogP contribution in [0.3, 0.4) is 0 Å². The first-order chi connectivity index (χ1) is 8.54. The van der Waals surface area contributed by atoms with E-state index in [2.05, 4.69) is 12.6 Å². The van der Waals surface area contributed by atoms with Gasteiger partial charge in [-0.1, -0.05) is 61.2 Å². The van der Waals surface area contributed by atoms with Crippen LogP contribution in [-0.2, 0) is 5.60 Å². The molecule has 0 heterocycles. The van der Waals surface area contributed by atoms with Gasteiger partial charge in [-0.3, -0.25) is 0 Å². The molecule has 1 N–H and O–H groups in total. The third-order valence-corrected chi connectivity index (χ3v) is 3.06. The van der Waals surface area contributed by atoms with Gasteiger partial charge in [0.15, 0.2) is 0 Å². The fourth-order valence-electron chi connectivity index (χ4n) is 2.17. The van der Waals surface area contributed by atoms with E-state index >= 15 is 0 Å². The van der Waals surface area contributed by atoms with Crippen molar-refractivity contribution in [3.63, 3.8) is 0 Å². The van der Waals surface area contributed by atoms with E-state index in [1.54, 1.807) is 0 Å². The Bertz CT molecular complexity index is 562. The number of aliphatic hydroxyl groups is 1. The summed E-state index contributed by atoms with van der Waals surface area (Å²) in [5.41, 5.74) is 3.31. The van der Waals surface area contributed by atoms with Crippen molar-refractivity contribution < 1.29 is 5.11 Å². The molecule has 0 unspecified atom stereocenters. The lowest BCUT2D eigenvalue weighted by atomic mass is 9.88. The van der Waals surface area contributed by atoms with E-state index < -0.39 is 5.60 Å². The minimum Gasteiger partial charge on any atom is -0.386 e. The van der Waals surface area contributed by atoms with Crippen LogP contribution in [0.25, 0.3) is 17.2 Å². The van der Waals surface area contributed by atoms with Crippen LogP contribution in [-0.4, -0.2) is 5.11 Å². The molecule has 1 nitrogen and oxygen atoms in total. The number of rotatable bonds is 3. The smallest absolute Gasteiger partial charge is 0.0846 e. The highest BCUT2D eigenvalue weighted by atomic mass is 16.3. The molecule has 2 aromatic carbocycles. The highest BCUT2D eigenvalue weighted by Crippen LogP contribution is 2.33. The summed E-state index contributed by atoms with van der Waals surface area (Å²) < 4.78 is 0. The fourth-order valence-corrected chi connectivity index (χ4v) is 2.17. The van der Waals surface area contributed by atoms with E-state index in [0.717, 1.165) is 22.3 Å². The van der Waals surface area contributed by atoms with Gasteiger partial charge in [-0.15, -0.1) is 0 Å². The third kappa shape index (κ3) is 2.36. The molecule has 0 bridgehead atoms. The average molecular weight is 238 g/mol. The lowest BCUT2D eigenvalue weighted by Gasteiger charge is -2.22. The fraction of sp³-hybridized carbons (Fsp3) is 0.176. The second-order valence-electron chi connectivity index (χ2n) is 4.90. The van der Waals surface area contributed by atoms with Crippen LogP contribution < -0.4 is 0 Å². The van der Waals surface area contributed by atoms with Gasteiger partial charge in [0.05, 0.1) is 5.60 Å². The predicted molar refractivity (Wildman–Crippen MR) is 77.2 cm³/mol. The van der Waals surface area contributed by atoms with E-state index in [1.807, 2.05) is 62.4 Å². The molecule has 0 atom stereocenters. The van der Waals surface area contributed by atoms with E-state index in [-0.39, 0.29) is 0 Å². The van der Waals surface area contributed by atoms with Gasteiger partial charge in [-0.2, -0.15) is 0 Å². The Morgan fingerprint density at radius 3 is 2.11 bits per heavy atom. The molecule has 0 aliphatic rings. The van der Waals surface area contributed by atoms with E-state index in [4.69, 9.17) is 0 Å². The maximum Gasteiger partial charge on any atom is 0.0846 e. The van der Waals surface area contributed by atoms with Gasteiger partial charge < -0.3 is 5.11 Å². The van der Waals surface area contributed by atoms with Gasteiger partial charge >= 0.3 is 0 Å². The lowest BCUT2D eigenvalue weighted by molar-refractivity contribution is 0.0792. The van der Waals surface area contributed by atoms with E-state index in [9.17, 15) is 5.11 Å². The van der Waals surface area contributed by atoms with Crippen LogP contribution in [0.15, 0.2) is 55.1 Å². The van der Waals surface area contributed by atoms with E-state index in [1.165, 1.54) is 0 Å². The summed E-state index contributed by atoms with van der Waals surface area (Å²) >= 11 is 0. The van der Waals surface area contributed by atoms with Gasteiger partial charge in [0.1, 0.15) is 0 Å². The molecule has 0 aliphatic carbocycles. The molecule has 0 fully saturated rings. The Morgan fingerprint density at radius 2 is 1.50 bits per heavy atom. The minimum absolute atomic E-state index is 0.856. The summed E-state index contributed by atoms with van der Waals surface area (Å²) in [5.74, 6) is 0. The standard InChI is InChI=1S/C17H18O/c1-4-13-9-5-6-10-14(13)15-11-7-8-12-16(15)17(2,3)18/h4-12,18H,1H2,2-3H3. The first-order valence-electron chi connectivity index (χ1n) is 6.08. The van der Waals surface area contributed by atoms with Crippen LogP contribution in [0, 0.1) is 0 Å². The van der Waals surface area contributed by atoms with Crippen LogP contribution in [0.1, 0.15) is 25.0 Å². The highest BCUT2D eigenvalue weighted by molar-refractivity contribution is 5.77. The highest BCUT2D eigenvalue weighted by Gasteiger charge is 2.20. The van der Waals surface area contributed by atoms with Gasteiger partial charge in [-0.25, -0.2) is 0 Å². The molecular formula is C17H18O. The molecule has 2 aromatic rings. The van der Waals surface area contributed by atoms with Crippen molar-refractivity contribution in [2.75, 3.05) is 0 Å². The van der Waals surface area contributed by atoms with Crippen molar-refractivity contribution in [1.29, 1.82) is 0 Å². The van der Waals surface area contributed by atoms with Gasteiger partial charge in [-0.05, 0) is 36.1 Å². The summed E-state index contributed by atoms with van der Waals surface area (Å²) in [6.45, 7) is 7.46. The first-order valence-corrected chi connectivity index (χ1v) is 6.08. The topological polar surface area (TPSA) is 20.2 Å². The maximum atomic E-state index is 10.3. The van der Waals surface area contributed by atoms with Gasteiger partial charge in [0, 0.05) is 0 Å². The third-order valence-electron chi connectivity index (χ3n) is 3.06. The van der Waals surface area contributed by atoms with Crippen LogP contribution in [0.4, 0.5) is 0 Å². The largest absolute Gasteiger partial charge is 0.386 e. The van der Waals surface area contributed by atoms with Gasteiger partial charge in [0.2, 0.25) is 0 Å². The lowest BCUT2D eigenvalue weighted by Crippen LogP contribution is -2.16. The molecule has 0 spiro atoms. The predicted octanol–water partition coefficient (Wildman–Crippen LogP) is 4.22. The van der Waals surface area contributed by atoms with Crippen molar-refractivity contribution in [3.8, 4) is 11.1 Å². The van der Waals surface area contributed by atoms with Gasteiger partial charge in [0.25, 0.3) is 0 Å². The van der Waals surface area contributed by atoms with Crippen molar-refractivity contribution >= 4 is 6.08 Å². The molecule has 1 heteroatoms. The summed E-state index contributed by atoms with van der Waals surface area (Å²) in [4.78, 5) is 0. The summed E-state index contributed by atoms with van der Waals surface area (Å²) in [6, 6.07) is 16.0. The van der Waals surface area contributed by atoms with Crippen molar-refractivity contribution in [1.82, 2.24) is 0 Å². The Hall–Kier alpha value is -1.86. The SMILES string of the molecule is C=Cc1ccccc1-c1ccccc1C(C)(C)O. The Kier molecular flexibility index (Phi) is 3.35. The molecule has 0 aromatic heterocycles. The Morgan fingerprint density at radius 1 is 0.944 bits per heavy atom. The quantitative estimate of drug-likeness (QED) is 0.848. The zero-order valence-electron chi connectivity index (χ0n) is 10.9. The molecule has 2 rings (SSSR count). The van der Waals surface area contributed by atoms with Crippen molar-refractivity contribution in [3.05, 3.63) is 66.2 Å². The molecule has 0 amide bonds. The maximum absolute atomic E-state index is 10.3. The summed E-state index contributed by atoms with van der Waals surface area (Å²) in [6.07, 6.45) is 1.84. The average Bonchev–Trinajstić information content (AvgIpc) is 2.37. The zero-order valence-corrected chi connectivity index (χ0v) is 10.9. The van der Waals surface area contributed by atoms with Crippen LogP contribution in [0.5, 0.6) is 0 Å². The second kappa shape index (κ2) is 4.79. The second-order valence-corrected chi connectivity index (χ2v) is 4.90. The molecule has 0 saturated heterocycles. The molecule has 0 aliphatic heterocycles. The molecule has 0 saturated carbocycles.